The Kier molecular flexibility index (Phi) is 4.99. The molecule has 1 N–H and O–H groups in total. The summed E-state index contributed by atoms with van der Waals surface area (Å²) in [5.74, 6) is -2.05. The number of carbonyl (C=O) groups excluding carboxylic acids is 1. The second kappa shape index (κ2) is 7.19. The number of amides is 1. The minimum absolute atomic E-state index is 0.303. The monoisotopic (exact) mass is 345 g/mol. The molecule has 0 aromatic heterocycles. The number of anilines is 2. The van der Waals surface area contributed by atoms with E-state index in [9.17, 15) is 13.6 Å². The van der Waals surface area contributed by atoms with Gasteiger partial charge in [0.25, 0.3) is 5.91 Å². The van der Waals surface area contributed by atoms with Gasteiger partial charge in [-0.05, 0) is 55.9 Å². The maximum absolute atomic E-state index is 13.7. The molecular formula is C19H21F2N3O. The number of hydrogen-bond acceptors (Lipinski definition) is 3. The molecule has 2 aromatic rings. The quantitative estimate of drug-likeness (QED) is 0.927. The second-order valence-corrected chi connectivity index (χ2v) is 6.37. The van der Waals surface area contributed by atoms with Crippen LogP contribution in [0.25, 0.3) is 0 Å². The molecule has 0 bridgehead atoms. The van der Waals surface area contributed by atoms with Crippen LogP contribution in [0.2, 0.25) is 0 Å². The summed E-state index contributed by atoms with van der Waals surface area (Å²) in [6, 6.07) is 8.59. The van der Waals surface area contributed by atoms with Gasteiger partial charge in [0.2, 0.25) is 0 Å². The van der Waals surface area contributed by atoms with Crippen LogP contribution in [0.1, 0.15) is 15.9 Å². The maximum Gasteiger partial charge on any atom is 0.258 e. The van der Waals surface area contributed by atoms with Crippen molar-refractivity contribution in [2.45, 2.75) is 6.92 Å². The summed E-state index contributed by atoms with van der Waals surface area (Å²) in [4.78, 5) is 16.8. The highest BCUT2D eigenvalue weighted by Gasteiger charge is 2.17. The van der Waals surface area contributed by atoms with E-state index < -0.39 is 17.5 Å². The molecule has 1 aliphatic rings. The fourth-order valence-corrected chi connectivity index (χ4v) is 2.91. The maximum atomic E-state index is 13.7. The molecule has 1 fully saturated rings. The highest BCUT2D eigenvalue weighted by Crippen LogP contribution is 2.24. The summed E-state index contributed by atoms with van der Waals surface area (Å²) in [5.41, 5.74) is 2.26. The molecule has 6 heteroatoms. The largest absolute Gasteiger partial charge is 0.369 e. The van der Waals surface area contributed by atoms with E-state index in [1.54, 1.807) is 6.07 Å². The normalized spacial score (nSPS) is 15.3. The average Bonchev–Trinajstić information content (AvgIpc) is 2.59. The van der Waals surface area contributed by atoms with Gasteiger partial charge in [0.05, 0.1) is 5.56 Å². The van der Waals surface area contributed by atoms with E-state index in [2.05, 4.69) is 22.2 Å². The van der Waals surface area contributed by atoms with Gasteiger partial charge < -0.3 is 15.1 Å². The summed E-state index contributed by atoms with van der Waals surface area (Å²) in [5, 5.41) is 2.66. The molecule has 4 nitrogen and oxygen atoms in total. The number of likely N-dealkylation sites (N-methyl/N-ethyl adjacent to an activating group) is 1. The van der Waals surface area contributed by atoms with Crippen LogP contribution in [0, 0.1) is 18.6 Å². The van der Waals surface area contributed by atoms with Gasteiger partial charge in [-0.1, -0.05) is 0 Å². The third-order valence-electron chi connectivity index (χ3n) is 4.50. The number of hydrogen-bond donors (Lipinski definition) is 1. The van der Waals surface area contributed by atoms with Crippen LogP contribution in [-0.2, 0) is 0 Å². The molecule has 3 rings (SSSR count). The summed E-state index contributed by atoms with van der Waals surface area (Å²) < 4.78 is 27.0. The van der Waals surface area contributed by atoms with Gasteiger partial charge in [-0.15, -0.1) is 0 Å². The number of piperazine rings is 1. The average molecular weight is 345 g/mol. The lowest BCUT2D eigenvalue weighted by Crippen LogP contribution is -2.44. The Balaban J connectivity index is 1.75. The summed E-state index contributed by atoms with van der Waals surface area (Å²) in [6.45, 7) is 5.82. The molecule has 1 aliphatic heterocycles. The zero-order valence-corrected chi connectivity index (χ0v) is 14.4. The molecular weight excluding hydrogens is 324 g/mol. The molecule has 1 heterocycles. The minimum Gasteiger partial charge on any atom is -0.369 e. The third kappa shape index (κ3) is 3.96. The van der Waals surface area contributed by atoms with E-state index in [1.165, 1.54) is 0 Å². The van der Waals surface area contributed by atoms with Crippen LogP contribution in [0.15, 0.2) is 36.4 Å². The standard InChI is InChI=1S/C19H21F2N3O/c1-13-11-15(24-9-7-23(2)8-10-24)4-6-18(13)22-19(25)16-12-14(20)3-5-17(16)21/h3-6,11-12H,7-10H2,1-2H3,(H,22,25). The minimum atomic E-state index is -0.745. The van der Waals surface area contributed by atoms with Crippen molar-refractivity contribution in [3.8, 4) is 0 Å². The Morgan fingerprint density at radius 2 is 1.76 bits per heavy atom. The predicted molar refractivity (Wildman–Crippen MR) is 95.2 cm³/mol. The number of halogens is 2. The number of rotatable bonds is 3. The van der Waals surface area contributed by atoms with Crippen LogP contribution in [0.3, 0.4) is 0 Å². The fourth-order valence-electron chi connectivity index (χ4n) is 2.91. The Bertz CT molecular complexity index is 786. The van der Waals surface area contributed by atoms with Gasteiger partial charge in [-0.2, -0.15) is 0 Å². The summed E-state index contributed by atoms with van der Waals surface area (Å²) in [7, 11) is 2.10. The summed E-state index contributed by atoms with van der Waals surface area (Å²) in [6.07, 6.45) is 0. The summed E-state index contributed by atoms with van der Waals surface area (Å²) >= 11 is 0. The van der Waals surface area contributed by atoms with E-state index in [4.69, 9.17) is 0 Å². The topological polar surface area (TPSA) is 35.6 Å². The zero-order chi connectivity index (χ0) is 18.0. The van der Waals surface area contributed by atoms with Crippen LogP contribution in [0.4, 0.5) is 20.2 Å². The van der Waals surface area contributed by atoms with Crippen molar-refractivity contribution in [2.75, 3.05) is 43.4 Å². The van der Waals surface area contributed by atoms with Crippen LogP contribution >= 0.6 is 0 Å². The molecule has 2 aromatic carbocycles. The Morgan fingerprint density at radius 3 is 2.44 bits per heavy atom. The predicted octanol–water partition coefficient (Wildman–Crippen LogP) is 3.28. The van der Waals surface area contributed by atoms with Crippen LogP contribution < -0.4 is 10.2 Å². The van der Waals surface area contributed by atoms with Crippen molar-refractivity contribution in [2.24, 2.45) is 0 Å². The Hall–Kier alpha value is -2.47. The first-order chi connectivity index (χ1) is 11.9. The van der Waals surface area contributed by atoms with Gasteiger partial charge in [-0.3, -0.25) is 4.79 Å². The number of carbonyl (C=O) groups is 1. The van der Waals surface area contributed by atoms with Gasteiger partial charge in [-0.25, -0.2) is 8.78 Å². The molecule has 1 saturated heterocycles. The van der Waals surface area contributed by atoms with Crippen LogP contribution in [0.5, 0.6) is 0 Å². The van der Waals surface area contributed by atoms with Crippen molar-refractivity contribution in [1.29, 1.82) is 0 Å². The van der Waals surface area contributed by atoms with Crippen molar-refractivity contribution >= 4 is 17.3 Å². The fraction of sp³-hybridized carbons (Fsp3) is 0.316. The first kappa shape index (κ1) is 17.4. The number of nitrogens with one attached hydrogen (secondary N) is 1. The van der Waals surface area contributed by atoms with Crippen molar-refractivity contribution in [3.05, 3.63) is 59.2 Å². The van der Waals surface area contributed by atoms with Gasteiger partial charge in [0.15, 0.2) is 0 Å². The highest BCUT2D eigenvalue weighted by molar-refractivity contribution is 6.04. The molecule has 0 atom stereocenters. The zero-order valence-electron chi connectivity index (χ0n) is 14.4. The van der Waals surface area contributed by atoms with Gasteiger partial charge in [0, 0.05) is 37.6 Å². The third-order valence-corrected chi connectivity index (χ3v) is 4.50. The molecule has 0 radical (unpaired) electrons. The van der Waals surface area contributed by atoms with Crippen molar-refractivity contribution in [1.82, 2.24) is 4.90 Å². The molecule has 0 unspecified atom stereocenters. The number of nitrogens with zero attached hydrogens (tertiary/aromatic N) is 2. The smallest absolute Gasteiger partial charge is 0.258 e. The van der Waals surface area contributed by atoms with E-state index in [0.717, 1.165) is 55.6 Å². The van der Waals surface area contributed by atoms with E-state index in [1.807, 2.05) is 19.1 Å². The Morgan fingerprint density at radius 1 is 1.04 bits per heavy atom. The highest BCUT2D eigenvalue weighted by atomic mass is 19.1. The molecule has 1 amide bonds. The lowest BCUT2D eigenvalue weighted by molar-refractivity contribution is 0.102. The lowest BCUT2D eigenvalue weighted by Gasteiger charge is -2.34. The molecule has 0 spiro atoms. The van der Waals surface area contributed by atoms with E-state index >= 15 is 0 Å². The second-order valence-electron chi connectivity index (χ2n) is 6.37. The first-order valence-electron chi connectivity index (χ1n) is 8.24. The molecule has 25 heavy (non-hydrogen) atoms. The van der Waals surface area contributed by atoms with E-state index in [-0.39, 0.29) is 5.56 Å². The first-order valence-corrected chi connectivity index (χ1v) is 8.24. The van der Waals surface area contributed by atoms with E-state index in [0.29, 0.717) is 5.69 Å². The van der Waals surface area contributed by atoms with Crippen molar-refractivity contribution < 1.29 is 13.6 Å². The molecule has 0 saturated carbocycles. The molecule has 0 aliphatic carbocycles. The van der Waals surface area contributed by atoms with Gasteiger partial charge in [0.1, 0.15) is 11.6 Å². The van der Waals surface area contributed by atoms with Gasteiger partial charge >= 0.3 is 0 Å². The molecule has 132 valence electrons. The van der Waals surface area contributed by atoms with Crippen LogP contribution in [-0.4, -0.2) is 44.0 Å². The Labute approximate surface area is 146 Å². The number of benzene rings is 2. The number of aryl methyl sites for hydroxylation is 1. The van der Waals surface area contributed by atoms with Crippen molar-refractivity contribution in [3.63, 3.8) is 0 Å². The SMILES string of the molecule is Cc1cc(N2CCN(C)CC2)ccc1NC(=O)c1cc(F)ccc1F. The lowest BCUT2D eigenvalue weighted by atomic mass is 10.1.